The van der Waals surface area contributed by atoms with E-state index in [0.29, 0.717) is 23.2 Å². The molecule has 1 atom stereocenters. The smallest absolute Gasteiger partial charge is 0.279 e. The average molecular weight is 305 g/mol. The van der Waals surface area contributed by atoms with Crippen LogP contribution in [0.5, 0.6) is 5.75 Å². The molecule has 0 aliphatic rings. The minimum absolute atomic E-state index is 0.241. The van der Waals surface area contributed by atoms with Crippen LogP contribution >= 0.6 is 11.6 Å². The van der Waals surface area contributed by atoms with Gasteiger partial charge in [-0.15, -0.1) is 0 Å². The lowest BCUT2D eigenvalue weighted by Gasteiger charge is -2.18. The molecule has 0 saturated carbocycles. The van der Waals surface area contributed by atoms with Crippen molar-refractivity contribution in [1.29, 1.82) is 0 Å². The number of amides is 1. The van der Waals surface area contributed by atoms with Crippen LogP contribution < -0.4 is 16.0 Å². The quantitative estimate of drug-likeness (QED) is 0.384. The molecule has 21 heavy (non-hydrogen) atoms. The number of hydrazine groups is 1. The molecule has 0 aliphatic heterocycles. The summed E-state index contributed by atoms with van der Waals surface area (Å²) < 4.78 is 5.64. The predicted octanol–water partition coefficient (Wildman–Crippen LogP) is 2.26. The van der Waals surface area contributed by atoms with Gasteiger partial charge in [-0.25, -0.2) is 5.84 Å². The molecule has 1 unspecified atom stereocenters. The third kappa shape index (κ3) is 3.59. The number of aldehydes is 1. The molecule has 0 aliphatic carbocycles. The molecule has 2 aromatic carbocycles. The number of nitrogens with one attached hydrogen (secondary N) is 1. The van der Waals surface area contributed by atoms with E-state index in [0.717, 1.165) is 0 Å². The summed E-state index contributed by atoms with van der Waals surface area (Å²) in [5.74, 6) is 4.98. The van der Waals surface area contributed by atoms with Gasteiger partial charge in [0.1, 0.15) is 12.0 Å². The minimum atomic E-state index is -0.934. The van der Waals surface area contributed by atoms with E-state index in [9.17, 15) is 9.59 Å². The number of rotatable bonds is 5. The van der Waals surface area contributed by atoms with Crippen molar-refractivity contribution in [3.05, 3.63) is 64.7 Å². The van der Waals surface area contributed by atoms with Gasteiger partial charge < -0.3 is 4.74 Å². The van der Waals surface area contributed by atoms with Gasteiger partial charge in [0.25, 0.3) is 5.91 Å². The van der Waals surface area contributed by atoms with Crippen LogP contribution in [0.3, 0.4) is 0 Å². The fourth-order valence-corrected chi connectivity index (χ4v) is 2.02. The van der Waals surface area contributed by atoms with Crippen molar-refractivity contribution in [3.8, 4) is 5.75 Å². The largest absolute Gasteiger partial charge is 0.474 e. The van der Waals surface area contributed by atoms with Crippen molar-refractivity contribution in [3.63, 3.8) is 0 Å². The van der Waals surface area contributed by atoms with Crippen LogP contribution in [0.2, 0.25) is 5.02 Å². The summed E-state index contributed by atoms with van der Waals surface area (Å²) in [4.78, 5) is 22.6. The maximum absolute atomic E-state index is 11.9. The second-order valence-electron chi connectivity index (χ2n) is 4.22. The molecular formula is C15H13ClN2O3. The molecule has 2 rings (SSSR count). The van der Waals surface area contributed by atoms with Gasteiger partial charge in [0, 0.05) is 11.1 Å². The Bertz CT molecular complexity index is 647. The highest BCUT2D eigenvalue weighted by atomic mass is 35.5. The van der Waals surface area contributed by atoms with Crippen molar-refractivity contribution in [2.75, 3.05) is 0 Å². The maximum atomic E-state index is 11.9. The first-order valence-corrected chi connectivity index (χ1v) is 6.50. The number of ether oxygens (including phenoxy) is 1. The molecule has 108 valence electrons. The second kappa shape index (κ2) is 6.88. The molecule has 0 saturated heterocycles. The number of benzene rings is 2. The molecule has 0 heterocycles. The van der Waals surface area contributed by atoms with Gasteiger partial charge in [-0.1, -0.05) is 41.9 Å². The summed E-state index contributed by atoms with van der Waals surface area (Å²) in [7, 11) is 0. The van der Waals surface area contributed by atoms with Gasteiger partial charge in [0.15, 0.2) is 0 Å². The minimum Gasteiger partial charge on any atom is -0.474 e. The zero-order chi connectivity index (χ0) is 15.2. The Hall–Kier alpha value is -2.37. The van der Waals surface area contributed by atoms with Gasteiger partial charge in [-0.3, -0.25) is 15.0 Å². The number of nitrogens with two attached hydrogens (primary N) is 1. The van der Waals surface area contributed by atoms with E-state index in [1.165, 1.54) is 12.1 Å². The van der Waals surface area contributed by atoms with Crippen LogP contribution in [-0.4, -0.2) is 12.2 Å². The van der Waals surface area contributed by atoms with Gasteiger partial charge in [-0.05, 0) is 18.2 Å². The highest BCUT2D eigenvalue weighted by Gasteiger charge is 2.22. The lowest BCUT2D eigenvalue weighted by molar-refractivity contribution is -0.128. The molecule has 0 radical (unpaired) electrons. The third-order valence-corrected chi connectivity index (χ3v) is 3.11. The van der Waals surface area contributed by atoms with Crippen molar-refractivity contribution >= 4 is 23.8 Å². The maximum Gasteiger partial charge on any atom is 0.279 e. The molecule has 0 aromatic heterocycles. The summed E-state index contributed by atoms with van der Waals surface area (Å²) in [5, 5.41) is 0.241. The van der Waals surface area contributed by atoms with E-state index < -0.39 is 12.0 Å². The molecule has 0 bridgehead atoms. The summed E-state index contributed by atoms with van der Waals surface area (Å²) in [6.07, 6.45) is -0.257. The van der Waals surface area contributed by atoms with Crippen molar-refractivity contribution in [2.24, 2.45) is 5.84 Å². The molecule has 3 N–H and O–H groups in total. The Morgan fingerprint density at radius 3 is 2.52 bits per heavy atom. The topological polar surface area (TPSA) is 81.4 Å². The van der Waals surface area contributed by atoms with Crippen LogP contribution in [0.4, 0.5) is 0 Å². The highest BCUT2D eigenvalue weighted by Crippen LogP contribution is 2.29. The molecule has 1 amide bonds. The summed E-state index contributed by atoms with van der Waals surface area (Å²) in [6.45, 7) is 0. The van der Waals surface area contributed by atoms with Gasteiger partial charge >= 0.3 is 0 Å². The normalized spacial score (nSPS) is 11.5. The average Bonchev–Trinajstić information content (AvgIpc) is 2.53. The Labute approximate surface area is 126 Å². The fraction of sp³-hybridized carbons (Fsp3) is 0.0667. The lowest BCUT2D eigenvalue weighted by Crippen LogP contribution is -2.37. The molecule has 5 nitrogen and oxygen atoms in total. The monoisotopic (exact) mass is 304 g/mol. The molecule has 0 spiro atoms. The van der Waals surface area contributed by atoms with E-state index in [1.54, 1.807) is 30.3 Å². The summed E-state index contributed by atoms with van der Waals surface area (Å²) >= 11 is 6.04. The van der Waals surface area contributed by atoms with Crippen molar-refractivity contribution in [1.82, 2.24) is 5.43 Å². The lowest BCUT2D eigenvalue weighted by atomic mass is 10.1. The van der Waals surface area contributed by atoms with Crippen LogP contribution in [0.1, 0.15) is 22.0 Å². The number of carbonyl (C=O) groups is 2. The third-order valence-electron chi connectivity index (χ3n) is 2.82. The first-order chi connectivity index (χ1) is 10.2. The standard InChI is InChI=1S/C15H13ClN2O3/c16-12-8-10(9-19)6-7-13(12)21-14(15(20)18-17)11-4-2-1-3-5-11/h1-9,14H,17H2,(H,18,20). The van der Waals surface area contributed by atoms with E-state index >= 15 is 0 Å². The zero-order valence-electron chi connectivity index (χ0n) is 11.0. The van der Waals surface area contributed by atoms with E-state index in [2.05, 4.69) is 5.43 Å². The molecule has 2 aromatic rings. The number of carbonyl (C=O) groups excluding carboxylic acids is 2. The Balaban J connectivity index is 2.32. The van der Waals surface area contributed by atoms with Crippen LogP contribution in [0.25, 0.3) is 0 Å². The Morgan fingerprint density at radius 2 is 1.95 bits per heavy atom. The molecular weight excluding hydrogens is 292 g/mol. The first kappa shape index (κ1) is 15.0. The number of halogens is 1. The van der Waals surface area contributed by atoms with Crippen LogP contribution in [0, 0.1) is 0 Å². The van der Waals surface area contributed by atoms with E-state index in [-0.39, 0.29) is 5.02 Å². The highest BCUT2D eigenvalue weighted by molar-refractivity contribution is 6.32. The van der Waals surface area contributed by atoms with Crippen LogP contribution in [-0.2, 0) is 4.79 Å². The SMILES string of the molecule is NNC(=O)C(Oc1ccc(C=O)cc1Cl)c1ccccc1. The summed E-state index contributed by atoms with van der Waals surface area (Å²) in [5.41, 5.74) is 3.12. The fourth-order valence-electron chi connectivity index (χ4n) is 1.79. The first-order valence-electron chi connectivity index (χ1n) is 6.12. The molecule has 0 fully saturated rings. The Morgan fingerprint density at radius 1 is 1.24 bits per heavy atom. The summed E-state index contributed by atoms with van der Waals surface area (Å²) in [6, 6.07) is 13.4. The van der Waals surface area contributed by atoms with Gasteiger partial charge in [0.2, 0.25) is 6.10 Å². The van der Waals surface area contributed by atoms with Crippen molar-refractivity contribution < 1.29 is 14.3 Å². The van der Waals surface area contributed by atoms with Gasteiger partial charge in [-0.2, -0.15) is 0 Å². The van der Waals surface area contributed by atoms with Gasteiger partial charge in [0.05, 0.1) is 5.02 Å². The number of hydrogen-bond acceptors (Lipinski definition) is 4. The predicted molar refractivity (Wildman–Crippen MR) is 79.0 cm³/mol. The van der Waals surface area contributed by atoms with E-state index in [1.807, 2.05) is 6.07 Å². The number of hydrogen-bond donors (Lipinski definition) is 2. The van der Waals surface area contributed by atoms with E-state index in [4.69, 9.17) is 22.2 Å². The molecule has 6 heteroatoms. The van der Waals surface area contributed by atoms with Crippen LogP contribution in [0.15, 0.2) is 48.5 Å². The van der Waals surface area contributed by atoms with Crippen molar-refractivity contribution in [2.45, 2.75) is 6.10 Å². The zero-order valence-corrected chi connectivity index (χ0v) is 11.7. The second-order valence-corrected chi connectivity index (χ2v) is 4.63. The Kier molecular flexibility index (Phi) is 4.92.